The van der Waals surface area contributed by atoms with E-state index in [1.165, 1.54) is 11.3 Å². The average molecular weight is 390 g/mol. The van der Waals surface area contributed by atoms with Crippen molar-refractivity contribution in [3.8, 4) is 6.07 Å². The van der Waals surface area contributed by atoms with Crippen LogP contribution in [0.25, 0.3) is 0 Å². The van der Waals surface area contributed by atoms with E-state index in [9.17, 15) is 9.59 Å². The molecule has 2 N–H and O–H groups in total. The molecule has 0 saturated heterocycles. The van der Waals surface area contributed by atoms with Crippen molar-refractivity contribution in [2.75, 3.05) is 10.6 Å². The highest BCUT2D eigenvalue weighted by atomic mass is 32.1. The number of thiazole rings is 1. The Morgan fingerprint density at radius 1 is 1.14 bits per heavy atom. The van der Waals surface area contributed by atoms with E-state index in [1.54, 1.807) is 48.7 Å². The number of ketones is 1. The molecule has 7 heteroatoms. The van der Waals surface area contributed by atoms with Gasteiger partial charge < -0.3 is 10.6 Å². The Kier molecular flexibility index (Phi) is 5.82. The zero-order valence-electron chi connectivity index (χ0n) is 15.4. The van der Waals surface area contributed by atoms with Gasteiger partial charge in [0.05, 0.1) is 11.6 Å². The topological polar surface area (TPSA) is 94.9 Å². The Bertz CT molecular complexity index is 1060. The molecule has 3 rings (SSSR count). The standard InChI is InChI=1S/C21H18N4O2S/c1-3-19(26)24-18-12-28-21(25-18)23-17-10-16(7-4-13(17)2)20(27)15-8-5-14(11-22)6-9-15/h4-10,12H,3H2,1-2H3,(H,23,25)(H,24,26). The van der Waals surface area contributed by atoms with Gasteiger partial charge in [-0.15, -0.1) is 11.3 Å². The summed E-state index contributed by atoms with van der Waals surface area (Å²) in [5.74, 6) is 0.285. The molecule has 1 heterocycles. The van der Waals surface area contributed by atoms with Crippen LogP contribution in [0.2, 0.25) is 0 Å². The highest BCUT2D eigenvalue weighted by Crippen LogP contribution is 2.27. The van der Waals surface area contributed by atoms with Gasteiger partial charge >= 0.3 is 0 Å². The van der Waals surface area contributed by atoms with Crippen LogP contribution in [0.4, 0.5) is 16.6 Å². The van der Waals surface area contributed by atoms with Gasteiger partial charge in [-0.3, -0.25) is 9.59 Å². The number of hydrogen-bond donors (Lipinski definition) is 2. The van der Waals surface area contributed by atoms with E-state index in [2.05, 4.69) is 15.6 Å². The summed E-state index contributed by atoms with van der Waals surface area (Å²) in [7, 11) is 0. The van der Waals surface area contributed by atoms with E-state index >= 15 is 0 Å². The molecular weight excluding hydrogens is 372 g/mol. The van der Waals surface area contributed by atoms with Crippen molar-refractivity contribution in [1.82, 2.24) is 4.98 Å². The molecule has 1 aromatic heterocycles. The molecule has 0 aliphatic carbocycles. The SMILES string of the molecule is CCC(=O)Nc1csc(Nc2cc(C(=O)c3ccc(C#N)cc3)ccc2C)n1. The first-order valence-corrected chi connectivity index (χ1v) is 9.56. The minimum Gasteiger partial charge on any atom is -0.331 e. The van der Waals surface area contributed by atoms with E-state index in [0.717, 1.165) is 11.3 Å². The van der Waals surface area contributed by atoms with Gasteiger partial charge in [0.25, 0.3) is 0 Å². The zero-order chi connectivity index (χ0) is 20.1. The number of carbonyl (C=O) groups is 2. The Balaban J connectivity index is 1.80. The summed E-state index contributed by atoms with van der Waals surface area (Å²) in [5.41, 5.74) is 3.30. The van der Waals surface area contributed by atoms with Gasteiger partial charge in [-0.25, -0.2) is 4.98 Å². The maximum atomic E-state index is 12.7. The quantitative estimate of drug-likeness (QED) is 0.598. The Morgan fingerprint density at radius 2 is 1.86 bits per heavy atom. The summed E-state index contributed by atoms with van der Waals surface area (Å²) < 4.78 is 0. The minimum atomic E-state index is -0.123. The van der Waals surface area contributed by atoms with E-state index < -0.39 is 0 Å². The number of nitriles is 1. The minimum absolute atomic E-state index is 0.0944. The molecule has 2 aromatic carbocycles. The molecule has 0 aliphatic heterocycles. The largest absolute Gasteiger partial charge is 0.331 e. The lowest BCUT2D eigenvalue weighted by Crippen LogP contribution is -2.09. The normalized spacial score (nSPS) is 10.2. The number of rotatable bonds is 6. The highest BCUT2D eigenvalue weighted by Gasteiger charge is 2.12. The van der Waals surface area contributed by atoms with Gasteiger partial charge in [0.2, 0.25) is 5.91 Å². The van der Waals surface area contributed by atoms with Crippen LogP contribution in [0, 0.1) is 18.3 Å². The first-order chi connectivity index (χ1) is 13.5. The van der Waals surface area contributed by atoms with E-state index in [1.807, 2.05) is 19.1 Å². The predicted molar refractivity (Wildman–Crippen MR) is 110 cm³/mol. The lowest BCUT2D eigenvalue weighted by molar-refractivity contribution is -0.115. The summed E-state index contributed by atoms with van der Waals surface area (Å²) in [6.45, 7) is 3.71. The first-order valence-electron chi connectivity index (χ1n) is 8.68. The molecule has 0 radical (unpaired) electrons. The maximum Gasteiger partial charge on any atom is 0.225 e. The van der Waals surface area contributed by atoms with Crippen molar-refractivity contribution in [3.05, 3.63) is 70.1 Å². The summed E-state index contributed by atoms with van der Waals surface area (Å²) in [6.07, 6.45) is 0.388. The van der Waals surface area contributed by atoms with Crippen LogP contribution >= 0.6 is 11.3 Å². The van der Waals surface area contributed by atoms with Gasteiger partial charge in [0.15, 0.2) is 10.9 Å². The predicted octanol–water partition coefficient (Wildman–Crippen LogP) is 4.65. The van der Waals surface area contributed by atoms with Crippen LogP contribution < -0.4 is 10.6 Å². The number of aromatic nitrogens is 1. The molecule has 140 valence electrons. The number of nitrogens with one attached hydrogen (secondary N) is 2. The molecule has 0 saturated carbocycles. The van der Waals surface area contributed by atoms with E-state index in [-0.39, 0.29) is 11.7 Å². The third-order valence-corrected chi connectivity index (χ3v) is 4.87. The van der Waals surface area contributed by atoms with Crippen LogP contribution in [-0.4, -0.2) is 16.7 Å². The fourth-order valence-corrected chi connectivity index (χ4v) is 3.15. The Morgan fingerprint density at radius 3 is 2.54 bits per heavy atom. The van der Waals surface area contributed by atoms with Crippen LogP contribution in [0.15, 0.2) is 47.8 Å². The van der Waals surface area contributed by atoms with Crippen molar-refractivity contribution < 1.29 is 9.59 Å². The lowest BCUT2D eigenvalue weighted by atomic mass is 10.0. The zero-order valence-corrected chi connectivity index (χ0v) is 16.3. The Hall–Kier alpha value is -3.50. The van der Waals surface area contributed by atoms with Crippen LogP contribution in [0.1, 0.15) is 40.4 Å². The smallest absolute Gasteiger partial charge is 0.225 e. The summed E-state index contributed by atoms with van der Waals surface area (Å²) >= 11 is 1.37. The van der Waals surface area contributed by atoms with Crippen molar-refractivity contribution >= 4 is 39.7 Å². The number of amides is 1. The van der Waals surface area contributed by atoms with Crippen LogP contribution in [0.3, 0.4) is 0 Å². The number of aryl methyl sites for hydroxylation is 1. The fraction of sp³-hybridized carbons (Fsp3) is 0.143. The maximum absolute atomic E-state index is 12.7. The van der Waals surface area contributed by atoms with E-state index in [4.69, 9.17) is 5.26 Å². The average Bonchev–Trinajstić information content (AvgIpc) is 3.15. The second-order valence-corrected chi connectivity index (χ2v) is 6.97. The second-order valence-electron chi connectivity index (χ2n) is 6.11. The third-order valence-electron chi connectivity index (χ3n) is 4.11. The van der Waals surface area contributed by atoms with Crippen molar-refractivity contribution in [2.45, 2.75) is 20.3 Å². The summed E-state index contributed by atoms with van der Waals surface area (Å²) in [5, 5.41) is 17.2. The molecule has 0 bridgehead atoms. The summed E-state index contributed by atoms with van der Waals surface area (Å²) in [6, 6.07) is 14.0. The number of nitrogens with zero attached hydrogens (tertiary/aromatic N) is 2. The van der Waals surface area contributed by atoms with Crippen LogP contribution in [0.5, 0.6) is 0 Å². The van der Waals surface area contributed by atoms with Crippen molar-refractivity contribution in [3.63, 3.8) is 0 Å². The van der Waals surface area contributed by atoms with Gasteiger partial charge in [-0.2, -0.15) is 5.26 Å². The molecule has 0 spiro atoms. The molecular formula is C21H18N4O2S. The van der Waals surface area contributed by atoms with Gasteiger partial charge in [0.1, 0.15) is 5.82 Å². The number of anilines is 3. The molecule has 0 fully saturated rings. The van der Waals surface area contributed by atoms with Gasteiger partial charge in [-0.1, -0.05) is 19.1 Å². The summed E-state index contributed by atoms with van der Waals surface area (Å²) in [4.78, 5) is 28.6. The third kappa shape index (κ3) is 4.42. The van der Waals surface area contributed by atoms with Crippen LogP contribution in [-0.2, 0) is 4.79 Å². The van der Waals surface area contributed by atoms with Gasteiger partial charge in [0, 0.05) is 28.6 Å². The Labute approximate surface area is 166 Å². The van der Waals surface area contributed by atoms with Gasteiger partial charge in [-0.05, 0) is 42.8 Å². The lowest BCUT2D eigenvalue weighted by Gasteiger charge is -2.09. The molecule has 3 aromatic rings. The fourth-order valence-electron chi connectivity index (χ4n) is 2.50. The molecule has 0 atom stereocenters. The molecule has 6 nitrogen and oxygen atoms in total. The van der Waals surface area contributed by atoms with E-state index in [0.29, 0.717) is 34.1 Å². The van der Waals surface area contributed by atoms with Crippen molar-refractivity contribution in [1.29, 1.82) is 5.26 Å². The molecule has 1 amide bonds. The molecule has 0 unspecified atom stereocenters. The number of carbonyl (C=O) groups excluding carboxylic acids is 2. The molecule has 28 heavy (non-hydrogen) atoms. The highest BCUT2D eigenvalue weighted by molar-refractivity contribution is 7.14. The number of benzene rings is 2. The monoisotopic (exact) mass is 390 g/mol. The number of hydrogen-bond acceptors (Lipinski definition) is 6. The second kappa shape index (κ2) is 8.46. The molecule has 0 aliphatic rings. The first kappa shape index (κ1) is 19.3. The van der Waals surface area contributed by atoms with Crippen molar-refractivity contribution in [2.24, 2.45) is 0 Å².